The fourth-order valence-electron chi connectivity index (χ4n) is 2.21. The Bertz CT molecular complexity index is 643. The molecule has 0 aliphatic rings. The van der Waals surface area contributed by atoms with E-state index >= 15 is 0 Å². The number of alkyl halides is 4. The summed E-state index contributed by atoms with van der Waals surface area (Å²) in [7, 11) is 0. The van der Waals surface area contributed by atoms with Gasteiger partial charge in [-0.05, 0) is 24.0 Å². The summed E-state index contributed by atoms with van der Waals surface area (Å²) in [5.74, 6) is -0.607. The van der Waals surface area contributed by atoms with Gasteiger partial charge < -0.3 is 0 Å². The molecule has 0 aliphatic carbocycles. The van der Waals surface area contributed by atoms with Crippen molar-refractivity contribution in [1.29, 1.82) is 0 Å². The van der Waals surface area contributed by atoms with E-state index in [0.29, 0.717) is 11.1 Å². The van der Waals surface area contributed by atoms with Crippen LogP contribution in [0.25, 0.3) is 0 Å². The Kier molecular flexibility index (Phi) is 7.12. The van der Waals surface area contributed by atoms with Gasteiger partial charge in [0.15, 0.2) is 21.2 Å². The van der Waals surface area contributed by atoms with E-state index in [1.54, 1.807) is 24.3 Å². The molecule has 0 bridgehead atoms. The highest BCUT2D eigenvalue weighted by Gasteiger charge is 2.14. The zero-order valence-corrected chi connectivity index (χ0v) is 15.5. The Morgan fingerprint density at radius 2 is 0.917 bits per heavy atom. The molecule has 0 atom stereocenters. The number of Topliss-reactive ketones (excluding diaryl/α,β-unsaturated/α-hetero) is 2. The summed E-state index contributed by atoms with van der Waals surface area (Å²) in [6.07, 6.45) is 1.61. The van der Waals surface area contributed by atoms with Crippen molar-refractivity contribution in [3.05, 3.63) is 70.8 Å². The van der Waals surface area contributed by atoms with Crippen molar-refractivity contribution < 1.29 is 9.59 Å². The standard InChI is InChI=1S/C18H14Cl4O2/c19-17(20)15(23)13-7-3-11(4-8-13)1-2-12-5-9-14(10-6-12)16(24)18(21)22/h3-10,17-18H,1-2H2. The van der Waals surface area contributed by atoms with Gasteiger partial charge in [0.25, 0.3) is 0 Å². The summed E-state index contributed by atoms with van der Waals surface area (Å²) in [6, 6.07) is 14.4. The number of ketones is 2. The van der Waals surface area contributed by atoms with Crippen LogP contribution in [-0.4, -0.2) is 21.2 Å². The highest BCUT2D eigenvalue weighted by atomic mass is 35.5. The quantitative estimate of drug-likeness (QED) is 0.455. The van der Waals surface area contributed by atoms with Crippen molar-refractivity contribution in [2.75, 3.05) is 0 Å². The second-order valence-corrected chi connectivity index (χ2v) is 7.42. The van der Waals surface area contributed by atoms with Gasteiger partial charge in [-0.15, -0.1) is 0 Å². The van der Waals surface area contributed by atoms with E-state index in [4.69, 9.17) is 46.4 Å². The first-order valence-corrected chi connectivity index (χ1v) is 8.95. The van der Waals surface area contributed by atoms with Gasteiger partial charge in [0.2, 0.25) is 0 Å². The molecule has 24 heavy (non-hydrogen) atoms. The minimum Gasteiger partial charge on any atom is -0.291 e. The van der Waals surface area contributed by atoms with E-state index in [9.17, 15) is 9.59 Å². The van der Waals surface area contributed by atoms with Crippen molar-refractivity contribution in [2.24, 2.45) is 0 Å². The molecule has 0 heterocycles. The van der Waals surface area contributed by atoms with E-state index in [0.717, 1.165) is 24.0 Å². The SMILES string of the molecule is O=C(c1ccc(CCc2ccc(C(=O)C(Cl)Cl)cc2)cc1)C(Cl)Cl. The lowest BCUT2D eigenvalue weighted by atomic mass is 10.0. The maximum Gasteiger partial charge on any atom is 0.195 e. The molecule has 0 aromatic heterocycles. The van der Waals surface area contributed by atoms with E-state index < -0.39 is 9.67 Å². The molecule has 0 radical (unpaired) electrons. The molecule has 6 heteroatoms. The first-order chi connectivity index (χ1) is 11.4. The van der Waals surface area contributed by atoms with Gasteiger partial charge in [-0.3, -0.25) is 9.59 Å². The molecule has 0 amide bonds. The lowest BCUT2D eigenvalue weighted by molar-refractivity contribution is 0.0999. The summed E-state index contributed by atoms with van der Waals surface area (Å²) in [4.78, 5) is 21.2. The Morgan fingerprint density at radius 1 is 0.625 bits per heavy atom. The number of rotatable bonds is 7. The predicted octanol–water partition coefficient (Wildman–Crippen LogP) is 5.44. The van der Waals surface area contributed by atoms with Gasteiger partial charge >= 0.3 is 0 Å². The van der Waals surface area contributed by atoms with Crippen molar-refractivity contribution in [3.63, 3.8) is 0 Å². The average Bonchev–Trinajstić information content (AvgIpc) is 2.59. The Hall–Kier alpha value is -1.06. The van der Waals surface area contributed by atoms with Gasteiger partial charge in [-0.2, -0.15) is 0 Å². The molecule has 2 nitrogen and oxygen atoms in total. The first kappa shape index (κ1) is 19.3. The van der Waals surface area contributed by atoms with Crippen LogP contribution in [-0.2, 0) is 12.8 Å². The minimum absolute atomic E-state index is 0.304. The fraction of sp³-hybridized carbons (Fsp3) is 0.222. The molecule has 0 saturated heterocycles. The molecule has 0 N–H and O–H groups in total. The lowest BCUT2D eigenvalue weighted by Gasteiger charge is -2.06. The summed E-state index contributed by atoms with van der Waals surface area (Å²) in [6.45, 7) is 0. The molecule has 2 aromatic rings. The summed E-state index contributed by atoms with van der Waals surface area (Å²) in [5.41, 5.74) is 3.17. The monoisotopic (exact) mass is 402 g/mol. The van der Waals surface area contributed by atoms with Crippen LogP contribution in [0.3, 0.4) is 0 Å². The molecule has 2 rings (SSSR count). The van der Waals surface area contributed by atoms with Crippen LogP contribution < -0.4 is 0 Å². The normalized spacial score (nSPS) is 11.1. The van der Waals surface area contributed by atoms with Crippen LogP contribution in [0.2, 0.25) is 0 Å². The molecule has 2 aromatic carbocycles. The topological polar surface area (TPSA) is 34.1 Å². The number of hydrogen-bond acceptors (Lipinski definition) is 2. The molecule has 0 aliphatic heterocycles. The summed E-state index contributed by atoms with van der Waals surface area (Å²) >= 11 is 22.3. The first-order valence-electron chi connectivity index (χ1n) is 7.21. The zero-order valence-electron chi connectivity index (χ0n) is 12.5. The minimum atomic E-state index is -1.04. The van der Waals surface area contributed by atoms with Crippen molar-refractivity contribution >= 4 is 58.0 Å². The molecule has 0 unspecified atom stereocenters. The Morgan fingerprint density at radius 3 is 1.17 bits per heavy atom. The Labute approximate surface area is 160 Å². The maximum absolute atomic E-state index is 11.7. The van der Waals surface area contributed by atoms with E-state index in [1.807, 2.05) is 24.3 Å². The number of carbonyl (C=O) groups is 2. The van der Waals surface area contributed by atoms with Crippen molar-refractivity contribution in [1.82, 2.24) is 0 Å². The van der Waals surface area contributed by atoms with Gasteiger partial charge in [0, 0.05) is 11.1 Å². The van der Waals surface area contributed by atoms with Crippen LogP contribution in [0.1, 0.15) is 31.8 Å². The number of hydrogen-bond donors (Lipinski definition) is 0. The van der Waals surface area contributed by atoms with Crippen LogP contribution in [0.5, 0.6) is 0 Å². The van der Waals surface area contributed by atoms with Gasteiger partial charge in [0.1, 0.15) is 0 Å². The molecular weight excluding hydrogens is 390 g/mol. The lowest BCUT2D eigenvalue weighted by Crippen LogP contribution is -2.08. The summed E-state index contributed by atoms with van der Waals surface area (Å²) in [5, 5.41) is 0. The number of aryl methyl sites for hydroxylation is 2. The summed E-state index contributed by atoms with van der Waals surface area (Å²) < 4.78 is 0. The van der Waals surface area contributed by atoms with Crippen LogP contribution >= 0.6 is 46.4 Å². The number of halogens is 4. The smallest absolute Gasteiger partial charge is 0.195 e. The Balaban J connectivity index is 1.96. The molecular formula is C18H14Cl4O2. The third-order valence-electron chi connectivity index (χ3n) is 3.58. The van der Waals surface area contributed by atoms with E-state index in [1.165, 1.54) is 0 Å². The number of carbonyl (C=O) groups excluding carboxylic acids is 2. The van der Waals surface area contributed by atoms with Gasteiger partial charge in [0.05, 0.1) is 0 Å². The molecule has 0 spiro atoms. The molecule has 0 fully saturated rings. The van der Waals surface area contributed by atoms with Crippen molar-refractivity contribution in [3.8, 4) is 0 Å². The largest absolute Gasteiger partial charge is 0.291 e. The maximum atomic E-state index is 11.7. The third-order valence-corrected chi connectivity index (χ3v) is 4.37. The van der Waals surface area contributed by atoms with Crippen molar-refractivity contribution in [2.45, 2.75) is 22.5 Å². The van der Waals surface area contributed by atoms with Crippen LogP contribution in [0, 0.1) is 0 Å². The van der Waals surface area contributed by atoms with Gasteiger partial charge in [-0.1, -0.05) is 94.9 Å². The molecule has 0 saturated carbocycles. The zero-order chi connectivity index (χ0) is 17.7. The van der Waals surface area contributed by atoms with E-state index in [-0.39, 0.29) is 11.6 Å². The van der Waals surface area contributed by atoms with Gasteiger partial charge in [-0.25, -0.2) is 0 Å². The molecule has 126 valence electrons. The number of benzene rings is 2. The van der Waals surface area contributed by atoms with E-state index in [2.05, 4.69) is 0 Å². The predicted molar refractivity (Wildman–Crippen MR) is 99.9 cm³/mol. The fourth-order valence-corrected chi connectivity index (χ4v) is 2.72. The highest BCUT2D eigenvalue weighted by molar-refractivity contribution is 6.55. The second-order valence-electron chi connectivity index (χ2n) is 5.22. The average molecular weight is 404 g/mol. The second kappa shape index (κ2) is 8.87. The van der Waals surface area contributed by atoms with Crippen LogP contribution in [0.4, 0.5) is 0 Å². The van der Waals surface area contributed by atoms with Crippen LogP contribution in [0.15, 0.2) is 48.5 Å². The third kappa shape index (κ3) is 5.22. The highest BCUT2D eigenvalue weighted by Crippen LogP contribution is 2.16.